The molecule has 1 atom stereocenters. The highest BCUT2D eigenvalue weighted by molar-refractivity contribution is 7.37. The van der Waals surface area contributed by atoms with Gasteiger partial charge in [-0.05, 0) is 18.1 Å². The van der Waals surface area contributed by atoms with Crippen LogP contribution in [0, 0.1) is 17.0 Å². The number of nitro benzene ring substituents is 1. The number of benzene rings is 2. The molecule has 136 valence electrons. The maximum atomic E-state index is 11.1. The van der Waals surface area contributed by atoms with Crippen LogP contribution >= 0.6 is 8.03 Å². The molecule has 1 aromatic heterocycles. The number of aromatic amines is 2. The van der Waals surface area contributed by atoms with Crippen molar-refractivity contribution < 1.29 is 14.4 Å². The summed E-state index contributed by atoms with van der Waals surface area (Å²) in [6.07, 6.45) is 0.297. The van der Waals surface area contributed by atoms with Crippen LogP contribution in [0.1, 0.15) is 11.1 Å². The van der Waals surface area contributed by atoms with Gasteiger partial charge in [0.1, 0.15) is 0 Å². The first-order valence-corrected chi connectivity index (χ1v) is 9.01. The molecule has 0 saturated heterocycles. The van der Waals surface area contributed by atoms with Crippen LogP contribution < -0.4 is 11.1 Å². The fourth-order valence-electron chi connectivity index (χ4n) is 2.26. The van der Waals surface area contributed by atoms with Gasteiger partial charge in [0.2, 0.25) is 0 Å². The molecule has 0 aliphatic heterocycles. The molecule has 2 aromatic carbocycles. The van der Waals surface area contributed by atoms with Crippen molar-refractivity contribution in [2.45, 2.75) is 13.1 Å². The smallest absolute Gasteiger partial charge is 0.314 e. The summed E-state index contributed by atoms with van der Waals surface area (Å²) in [5.74, 6) is 0. The zero-order valence-electron chi connectivity index (χ0n) is 13.7. The molecule has 3 rings (SSSR count). The summed E-state index contributed by atoms with van der Waals surface area (Å²) in [7, 11) is -2.34. The maximum absolute atomic E-state index is 11.1. The van der Waals surface area contributed by atoms with E-state index in [0.717, 1.165) is 5.56 Å². The van der Waals surface area contributed by atoms with E-state index in [2.05, 4.69) is 9.97 Å². The Labute approximate surface area is 147 Å². The Balaban J connectivity index is 0.000000209. The van der Waals surface area contributed by atoms with Gasteiger partial charge in [0.25, 0.3) is 5.69 Å². The number of hydrogen-bond acceptors (Lipinski definition) is 5. The highest BCUT2D eigenvalue weighted by Gasteiger charge is 2.11. The quantitative estimate of drug-likeness (QED) is 0.276. The van der Waals surface area contributed by atoms with Crippen molar-refractivity contribution >= 4 is 24.7 Å². The summed E-state index contributed by atoms with van der Waals surface area (Å²) in [4.78, 5) is 45.4. The standard InChI is InChI=1S/C9H7N3O4.C7H9O2P/c1-4-2-5(12(15)16)3-6-7(4)11-9(14)8(13)10-6;8-10(9)6-7-4-2-1-3-5-7/h2-3H,1H3,(H,10,13)(H,11,14);1-5,10H,6H2,(H,8,9). The van der Waals surface area contributed by atoms with E-state index >= 15 is 0 Å². The summed E-state index contributed by atoms with van der Waals surface area (Å²) in [6.45, 7) is 1.61. The van der Waals surface area contributed by atoms with Crippen molar-refractivity contribution in [3.05, 3.63) is 84.4 Å². The molecule has 3 aromatic rings. The summed E-state index contributed by atoms with van der Waals surface area (Å²) in [6, 6.07) is 11.8. The molecule has 10 heteroatoms. The van der Waals surface area contributed by atoms with Gasteiger partial charge in [0, 0.05) is 18.3 Å². The zero-order chi connectivity index (χ0) is 19.3. The third kappa shape index (κ3) is 4.98. The van der Waals surface area contributed by atoms with E-state index in [1.165, 1.54) is 12.1 Å². The Morgan fingerprint density at radius 2 is 1.73 bits per heavy atom. The molecule has 3 N–H and O–H groups in total. The van der Waals surface area contributed by atoms with Crippen LogP contribution in [-0.4, -0.2) is 19.8 Å². The lowest BCUT2D eigenvalue weighted by Gasteiger charge is -2.01. The Morgan fingerprint density at radius 1 is 1.12 bits per heavy atom. The minimum absolute atomic E-state index is 0.132. The lowest BCUT2D eigenvalue weighted by Crippen LogP contribution is -2.29. The molecular formula is C16H16N3O6P. The number of hydrogen-bond donors (Lipinski definition) is 3. The van der Waals surface area contributed by atoms with Crippen molar-refractivity contribution in [1.29, 1.82) is 0 Å². The molecule has 9 nitrogen and oxygen atoms in total. The lowest BCUT2D eigenvalue weighted by atomic mass is 10.2. The number of nitrogens with zero attached hydrogens (tertiary/aromatic N) is 1. The number of nitro groups is 1. The molecule has 1 heterocycles. The largest absolute Gasteiger partial charge is 0.346 e. The van der Waals surface area contributed by atoms with Crippen molar-refractivity contribution in [3.63, 3.8) is 0 Å². The molecule has 0 aliphatic rings. The Morgan fingerprint density at radius 3 is 2.31 bits per heavy atom. The molecule has 0 amide bonds. The van der Waals surface area contributed by atoms with Crippen molar-refractivity contribution in [1.82, 2.24) is 9.97 Å². The fourth-order valence-corrected chi connectivity index (χ4v) is 2.84. The first-order chi connectivity index (χ1) is 12.3. The molecule has 1 unspecified atom stereocenters. The molecular weight excluding hydrogens is 361 g/mol. The van der Waals surface area contributed by atoms with Gasteiger partial charge in [-0.25, -0.2) is 0 Å². The normalized spacial score (nSPS) is 11.5. The number of non-ortho nitro benzene ring substituents is 1. The highest BCUT2D eigenvalue weighted by atomic mass is 31.1. The van der Waals surface area contributed by atoms with E-state index in [0.29, 0.717) is 17.2 Å². The van der Waals surface area contributed by atoms with Crippen molar-refractivity contribution in [3.8, 4) is 0 Å². The van der Waals surface area contributed by atoms with Gasteiger partial charge in [-0.2, -0.15) is 0 Å². The second-order valence-electron chi connectivity index (χ2n) is 5.41. The summed E-state index contributed by atoms with van der Waals surface area (Å²) >= 11 is 0. The predicted molar refractivity (Wildman–Crippen MR) is 97.9 cm³/mol. The predicted octanol–water partition coefficient (Wildman–Crippen LogP) is 2.09. The monoisotopic (exact) mass is 377 g/mol. The second kappa shape index (κ2) is 8.37. The van der Waals surface area contributed by atoms with Crippen LogP contribution in [0.5, 0.6) is 0 Å². The zero-order valence-corrected chi connectivity index (χ0v) is 14.7. The summed E-state index contributed by atoms with van der Waals surface area (Å²) < 4.78 is 10.4. The number of H-pyrrole nitrogens is 2. The van der Waals surface area contributed by atoms with E-state index in [4.69, 9.17) is 4.89 Å². The average Bonchev–Trinajstić information content (AvgIpc) is 2.57. The topological polar surface area (TPSA) is 146 Å². The number of nitrogens with one attached hydrogen (secondary N) is 2. The van der Waals surface area contributed by atoms with Crippen LogP contribution in [0.15, 0.2) is 52.1 Å². The Hall–Kier alpha value is -3.03. The number of fused-ring (bicyclic) bond motifs is 1. The number of rotatable bonds is 3. The molecule has 0 bridgehead atoms. The van der Waals surface area contributed by atoms with Crippen molar-refractivity contribution in [2.75, 3.05) is 0 Å². The van der Waals surface area contributed by atoms with Crippen LogP contribution in [-0.2, 0) is 10.7 Å². The van der Waals surface area contributed by atoms with Crippen LogP contribution in [0.3, 0.4) is 0 Å². The van der Waals surface area contributed by atoms with E-state index in [1.54, 1.807) is 6.92 Å². The van der Waals surface area contributed by atoms with Gasteiger partial charge in [-0.3, -0.25) is 24.3 Å². The van der Waals surface area contributed by atoms with E-state index < -0.39 is 24.1 Å². The third-order valence-electron chi connectivity index (χ3n) is 3.42. The summed E-state index contributed by atoms with van der Waals surface area (Å²) in [5.41, 5.74) is 0.363. The molecule has 0 spiro atoms. The second-order valence-corrected chi connectivity index (χ2v) is 6.55. The number of aromatic nitrogens is 2. The SMILES string of the molecule is Cc1cc([N+](=O)[O-])cc2[nH]c(=O)c(=O)[nH]c12.O=[PH](O)Cc1ccccc1. The minimum Gasteiger partial charge on any atom is -0.346 e. The van der Waals surface area contributed by atoms with Gasteiger partial charge in [0.15, 0.2) is 8.03 Å². The molecule has 0 aliphatic carbocycles. The molecule has 26 heavy (non-hydrogen) atoms. The van der Waals surface area contributed by atoms with E-state index in [9.17, 15) is 24.3 Å². The van der Waals surface area contributed by atoms with Gasteiger partial charge in [-0.15, -0.1) is 0 Å². The number of aryl methyl sites for hydroxylation is 1. The molecule has 0 saturated carbocycles. The molecule has 0 fully saturated rings. The van der Waals surface area contributed by atoms with Crippen LogP contribution in [0.25, 0.3) is 11.0 Å². The van der Waals surface area contributed by atoms with Gasteiger partial charge in [0.05, 0.1) is 16.0 Å². The highest BCUT2D eigenvalue weighted by Crippen LogP contribution is 2.20. The lowest BCUT2D eigenvalue weighted by molar-refractivity contribution is -0.384. The van der Waals surface area contributed by atoms with E-state index in [-0.39, 0.29) is 11.2 Å². The van der Waals surface area contributed by atoms with Crippen LogP contribution in [0.2, 0.25) is 0 Å². The van der Waals surface area contributed by atoms with Gasteiger partial charge in [-0.1, -0.05) is 30.3 Å². The minimum atomic E-state index is -2.34. The van der Waals surface area contributed by atoms with Gasteiger partial charge >= 0.3 is 11.1 Å². The van der Waals surface area contributed by atoms with Gasteiger partial charge < -0.3 is 14.9 Å². The first-order valence-electron chi connectivity index (χ1n) is 7.45. The first kappa shape index (κ1) is 19.3. The third-order valence-corrected chi connectivity index (χ3v) is 4.13. The molecule has 0 radical (unpaired) electrons. The van der Waals surface area contributed by atoms with E-state index in [1.807, 2.05) is 30.3 Å². The Bertz CT molecular complexity index is 1070. The Kier molecular flexibility index (Phi) is 6.21. The van der Waals surface area contributed by atoms with Crippen LogP contribution in [0.4, 0.5) is 5.69 Å². The average molecular weight is 377 g/mol. The maximum Gasteiger partial charge on any atom is 0.314 e. The fraction of sp³-hybridized carbons (Fsp3) is 0.125. The van der Waals surface area contributed by atoms with Crippen molar-refractivity contribution in [2.24, 2.45) is 0 Å². The summed E-state index contributed by atoms with van der Waals surface area (Å²) in [5, 5.41) is 10.6.